The summed E-state index contributed by atoms with van der Waals surface area (Å²) >= 11 is 1.35. The second-order valence-corrected chi connectivity index (χ2v) is 8.21. The number of carbonyl (C=O) groups excluding carboxylic acids is 2. The number of thioether (sulfide) groups is 1. The number of anilines is 1. The van der Waals surface area contributed by atoms with Crippen molar-refractivity contribution in [3.8, 4) is 5.75 Å². The van der Waals surface area contributed by atoms with Crippen molar-refractivity contribution in [1.29, 1.82) is 0 Å². The van der Waals surface area contributed by atoms with Gasteiger partial charge in [0.1, 0.15) is 11.6 Å². The minimum Gasteiger partial charge on any atom is -0.497 e. The average molecular weight is 468 g/mol. The maximum atomic E-state index is 12.3. The molecule has 0 atom stereocenters. The zero-order valence-electron chi connectivity index (χ0n) is 19.1. The van der Waals surface area contributed by atoms with Gasteiger partial charge in [0.15, 0.2) is 5.16 Å². The van der Waals surface area contributed by atoms with Gasteiger partial charge in [0.05, 0.1) is 12.9 Å². The summed E-state index contributed by atoms with van der Waals surface area (Å²) in [5.74, 6) is 1.46. The monoisotopic (exact) mass is 467 g/mol. The van der Waals surface area contributed by atoms with Gasteiger partial charge < -0.3 is 19.9 Å². The van der Waals surface area contributed by atoms with E-state index < -0.39 is 0 Å². The van der Waals surface area contributed by atoms with Crippen LogP contribution in [-0.2, 0) is 24.2 Å². The zero-order valence-corrected chi connectivity index (χ0v) is 19.9. The highest BCUT2D eigenvalue weighted by Gasteiger charge is 2.14. The molecule has 0 aliphatic heterocycles. The van der Waals surface area contributed by atoms with Crippen LogP contribution >= 0.6 is 11.8 Å². The number of aryl methyl sites for hydroxylation is 1. The first-order valence-electron chi connectivity index (χ1n) is 10.9. The second kappa shape index (κ2) is 12.1. The first kappa shape index (κ1) is 24.3. The van der Waals surface area contributed by atoms with Crippen molar-refractivity contribution >= 4 is 29.3 Å². The molecule has 1 heterocycles. The summed E-state index contributed by atoms with van der Waals surface area (Å²) in [7, 11) is 1.59. The van der Waals surface area contributed by atoms with E-state index in [4.69, 9.17) is 4.74 Å². The quantitative estimate of drug-likeness (QED) is 0.419. The summed E-state index contributed by atoms with van der Waals surface area (Å²) < 4.78 is 7.08. The second-order valence-electron chi connectivity index (χ2n) is 7.26. The van der Waals surface area contributed by atoms with E-state index >= 15 is 0 Å². The van der Waals surface area contributed by atoms with Crippen molar-refractivity contribution < 1.29 is 14.3 Å². The van der Waals surface area contributed by atoms with Crippen molar-refractivity contribution in [2.75, 3.05) is 24.7 Å². The SMILES string of the molecule is CCc1ccc(NC(=O)CSc2nnc(CCNC(=O)c3ccc(OC)cc3)n2CC)cc1. The van der Waals surface area contributed by atoms with Crippen LogP contribution in [0.5, 0.6) is 5.75 Å². The Kier molecular flexibility index (Phi) is 8.88. The lowest BCUT2D eigenvalue weighted by molar-refractivity contribution is -0.113. The van der Waals surface area contributed by atoms with Crippen LogP contribution in [0.1, 0.15) is 35.6 Å². The molecule has 0 bridgehead atoms. The third-order valence-electron chi connectivity index (χ3n) is 5.07. The normalized spacial score (nSPS) is 10.6. The van der Waals surface area contributed by atoms with Crippen LogP contribution < -0.4 is 15.4 Å². The van der Waals surface area contributed by atoms with Gasteiger partial charge in [-0.05, 0) is 55.3 Å². The molecule has 0 unspecified atom stereocenters. The fourth-order valence-corrected chi connectivity index (χ4v) is 4.03. The molecule has 1 aromatic heterocycles. The van der Waals surface area contributed by atoms with Crippen molar-refractivity contribution in [2.24, 2.45) is 0 Å². The Balaban J connectivity index is 1.49. The van der Waals surface area contributed by atoms with E-state index in [1.165, 1.54) is 17.3 Å². The Hall–Kier alpha value is -3.33. The van der Waals surface area contributed by atoms with E-state index in [0.29, 0.717) is 36.0 Å². The molecule has 9 heteroatoms. The van der Waals surface area contributed by atoms with E-state index in [1.807, 2.05) is 35.8 Å². The highest BCUT2D eigenvalue weighted by molar-refractivity contribution is 7.99. The number of amides is 2. The topological polar surface area (TPSA) is 98.1 Å². The highest BCUT2D eigenvalue weighted by atomic mass is 32.2. The minimum atomic E-state index is -0.154. The lowest BCUT2D eigenvalue weighted by Crippen LogP contribution is -2.26. The first-order chi connectivity index (χ1) is 16.0. The van der Waals surface area contributed by atoms with Crippen molar-refractivity contribution in [1.82, 2.24) is 20.1 Å². The van der Waals surface area contributed by atoms with Gasteiger partial charge in [-0.2, -0.15) is 0 Å². The van der Waals surface area contributed by atoms with Crippen LogP contribution in [0.25, 0.3) is 0 Å². The molecule has 0 saturated heterocycles. The van der Waals surface area contributed by atoms with Gasteiger partial charge in [-0.3, -0.25) is 9.59 Å². The molecular weight excluding hydrogens is 438 g/mol. The van der Waals surface area contributed by atoms with Crippen LogP contribution in [0.3, 0.4) is 0 Å². The molecule has 2 N–H and O–H groups in total. The van der Waals surface area contributed by atoms with Gasteiger partial charge in [0.2, 0.25) is 5.91 Å². The van der Waals surface area contributed by atoms with Gasteiger partial charge in [0.25, 0.3) is 5.91 Å². The predicted molar refractivity (Wildman–Crippen MR) is 130 cm³/mol. The number of ether oxygens (including phenoxy) is 1. The lowest BCUT2D eigenvalue weighted by atomic mass is 10.1. The Morgan fingerprint density at radius 3 is 2.39 bits per heavy atom. The van der Waals surface area contributed by atoms with Crippen LogP contribution in [0.2, 0.25) is 0 Å². The molecule has 3 aromatic rings. The Morgan fingerprint density at radius 2 is 1.76 bits per heavy atom. The molecule has 0 radical (unpaired) electrons. The number of hydrogen-bond donors (Lipinski definition) is 2. The highest BCUT2D eigenvalue weighted by Crippen LogP contribution is 2.18. The summed E-state index contributed by atoms with van der Waals surface area (Å²) in [6.45, 7) is 5.21. The van der Waals surface area contributed by atoms with E-state index in [9.17, 15) is 9.59 Å². The first-order valence-corrected chi connectivity index (χ1v) is 11.9. The molecule has 0 aliphatic rings. The fraction of sp³-hybridized carbons (Fsp3) is 0.333. The van der Waals surface area contributed by atoms with Gasteiger partial charge >= 0.3 is 0 Å². The number of methoxy groups -OCH3 is 1. The maximum absolute atomic E-state index is 12.3. The number of aromatic nitrogens is 3. The van der Waals surface area contributed by atoms with Crippen LogP contribution in [0, 0.1) is 0 Å². The predicted octanol–water partition coefficient (Wildman–Crippen LogP) is 3.57. The Labute approximate surface area is 198 Å². The molecule has 0 aliphatic carbocycles. The van der Waals surface area contributed by atoms with E-state index in [-0.39, 0.29) is 17.6 Å². The third kappa shape index (κ3) is 6.82. The summed E-state index contributed by atoms with van der Waals surface area (Å²) in [6.07, 6.45) is 1.50. The number of nitrogens with one attached hydrogen (secondary N) is 2. The largest absolute Gasteiger partial charge is 0.497 e. The fourth-order valence-electron chi connectivity index (χ4n) is 3.21. The smallest absolute Gasteiger partial charge is 0.251 e. The summed E-state index contributed by atoms with van der Waals surface area (Å²) in [5.41, 5.74) is 2.58. The van der Waals surface area contributed by atoms with E-state index in [1.54, 1.807) is 31.4 Å². The third-order valence-corrected chi connectivity index (χ3v) is 6.04. The number of nitrogens with zero attached hydrogens (tertiary/aromatic N) is 3. The van der Waals surface area contributed by atoms with Crippen LogP contribution in [0.4, 0.5) is 5.69 Å². The number of carbonyl (C=O) groups is 2. The molecule has 33 heavy (non-hydrogen) atoms. The van der Waals surface area contributed by atoms with Gasteiger partial charge in [-0.1, -0.05) is 30.8 Å². The van der Waals surface area contributed by atoms with E-state index in [2.05, 4.69) is 27.8 Å². The molecule has 8 nitrogen and oxygen atoms in total. The zero-order chi connectivity index (χ0) is 23.6. The summed E-state index contributed by atoms with van der Waals surface area (Å²) in [4.78, 5) is 24.6. The van der Waals surface area contributed by atoms with Gasteiger partial charge in [0, 0.05) is 30.8 Å². The summed E-state index contributed by atoms with van der Waals surface area (Å²) in [5, 5.41) is 15.0. The van der Waals surface area contributed by atoms with Gasteiger partial charge in [-0.15, -0.1) is 10.2 Å². The van der Waals surface area contributed by atoms with Crippen LogP contribution in [-0.4, -0.2) is 46.0 Å². The number of benzene rings is 2. The molecule has 0 spiro atoms. The molecule has 2 amide bonds. The minimum absolute atomic E-state index is 0.0943. The molecule has 0 saturated carbocycles. The molecular formula is C24H29N5O3S. The maximum Gasteiger partial charge on any atom is 0.251 e. The average Bonchev–Trinajstić information content (AvgIpc) is 3.24. The molecule has 3 rings (SSSR count). The molecule has 174 valence electrons. The Bertz CT molecular complexity index is 1060. The standard InChI is InChI=1S/C24H29N5O3S/c1-4-17-6-10-19(11-7-17)26-22(30)16-33-24-28-27-21(29(24)5-2)14-15-25-23(31)18-8-12-20(32-3)13-9-18/h6-13H,4-5,14-16H2,1-3H3,(H,25,31)(H,26,30). The molecule has 0 fully saturated rings. The lowest BCUT2D eigenvalue weighted by Gasteiger charge is -2.09. The van der Waals surface area contributed by atoms with Crippen molar-refractivity contribution in [3.63, 3.8) is 0 Å². The van der Waals surface area contributed by atoms with Gasteiger partial charge in [-0.25, -0.2) is 0 Å². The van der Waals surface area contributed by atoms with Crippen molar-refractivity contribution in [2.45, 2.75) is 38.4 Å². The van der Waals surface area contributed by atoms with Crippen molar-refractivity contribution in [3.05, 3.63) is 65.5 Å². The van der Waals surface area contributed by atoms with E-state index in [0.717, 1.165) is 17.9 Å². The van der Waals surface area contributed by atoms with Crippen LogP contribution in [0.15, 0.2) is 53.7 Å². The Morgan fingerprint density at radius 1 is 1.03 bits per heavy atom. The molecule has 2 aromatic carbocycles. The number of hydrogen-bond acceptors (Lipinski definition) is 6. The summed E-state index contributed by atoms with van der Waals surface area (Å²) in [6, 6.07) is 14.8. The number of rotatable bonds is 11.